The summed E-state index contributed by atoms with van der Waals surface area (Å²) >= 11 is 0. The van der Waals surface area contributed by atoms with E-state index in [1.165, 1.54) is 10.9 Å². The van der Waals surface area contributed by atoms with E-state index < -0.39 is 17.8 Å². The molecule has 1 aliphatic carbocycles. The van der Waals surface area contributed by atoms with Crippen LogP contribution in [0, 0.1) is 6.92 Å². The predicted molar refractivity (Wildman–Crippen MR) is 102 cm³/mol. The second-order valence-electron chi connectivity index (χ2n) is 7.79. The van der Waals surface area contributed by atoms with Crippen molar-refractivity contribution in [2.75, 3.05) is 5.32 Å². The van der Waals surface area contributed by atoms with Crippen LogP contribution in [0.5, 0.6) is 0 Å². The van der Waals surface area contributed by atoms with Crippen LogP contribution in [0.15, 0.2) is 29.5 Å². The Kier molecular flexibility index (Phi) is 3.81. The van der Waals surface area contributed by atoms with Crippen molar-refractivity contribution in [1.82, 2.24) is 24.8 Å². The van der Waals surface area contributed by atoms with Crippen LogP contribution in [0.1, 0.15) is 43.2 Å². The predicted octanol–water partition coefficient (Wildman–Crippen LogP) is 2.63. The molecule has 3 aromatic heterocycles. The standard InChI is InChI=1S/C19H20F2N6O2/c1-10-8-12(25-15-11-2-7-22-14(11)23-9-24-15)17(29)27-13(10)16(28)26-19(27)5-3-18(20,21)4-6-19/h2,7-9,16,26,28H,3-6H2,1H3,(H2,22,23,24,25). The molecule has 29 heavy (non-hydrogen) atoms. The molecule has 1 aliphatic heterocycles. The Labute approximate surface area is 164 Å². The van der Waals surface area contributed by atoms with Crippen molar-refractivity contribution in [3.05, 3.63) is 46.3 Å². The largest absolute Gasteiger partial charge is 0.373 e. The number of alkyl halides is 2. The Bertz CT molecular complexity index is 1160. The van der Waals surface area contributed by atoms with E-state index in [4.69, 9.17) is 0 Å². The lowest BCUT2D eigenvalue weighted by molar-refractivity contribution is -0.0734. The van der Waals surface area contributed by atoms with Crippen LogP contribution in [0.25, 0.3) is 11.0 Å². The Hall–Kier alpha value is -2.85. The van der Waals surface area contributed by atoms with E-state index >= 15 is 0 Å². The number of halogens is 2. The first kappa shape index (κ1) is 18.2. The van der Waals surface area contributed by atoms with Crippen molar-refractivity contribution < 1.29 is 13.9 Å². The zero-order valence-corrected chi connectivity index (χ0v) is 15.7. The number of rotatable bonds is 2. The minimum Gasteiger partial charge on any atom is -0.373 e. The lowest BCUT2D eigenvalue weighted by Gasteiger charge is -2.39. The molecule has 4 N–H and O–H groups in total. The van der Waals surface area contributed by atoms with Crippen LogP contribution in [-0.4, -0.2) is 30.5 Å². The summed E-state index contributed by atoms with van der Waals surface area (Å²) in [4.78, 5) is 24.7. The van der Waals surface area contributed by atoms with E-state index in [2.05, 4.69) is 25.6 Å². The van der Waals surface area contributed by atoms with Gasteiger partial charge in [0, 0.05) is 19.0 Å². The molecule has 8 nitrogen and oxygen atoms in total. The Morgan fingerprint density at radius 3 is 2.79 bits per heavy atom. The van der Waals surface area contributed by atoms with Crippen LogP contribution in [0.2, 0.25) is 0 Å². The number of aromatic amines is 1. The van der Waals surface area contributed by atoms with E-state index in [0.29, 0.717) is 22.7 Å². The van der Waals surface area contributed by atoms with Crippen LogP contribution >= 0.6 is 0 Å². The fraction of sp³-hybridized carbons (Fsp3) is 0.421. The summed E-state index contributed by atoms with van der Waals surface area (Å²) < 4.78 is 29.0. The number of aryl methyl sites for hydroxylation is 1. The Balaban J connectivity index is 1.62. The van der Waals surface area contributed by atoms with E-state index in [1.54, 1.807) is 25.3 Å². The first-order valence-corrected chi connectivity index (χ1v) is 9.45. The fourth-order valence-corrected chi connectivity index (χ4v) is 4.50. The number of hydrogen-bond acceptors (Lipinski definition) is 6. The zero-order chi connectivity index (χ0) is 20.4. The third kappa shape index (κ3) is 2.74. The topological polar surface area (TPSA) is 108 Å². The van der Waals surface area contributed by atoms with Crippen LogP contribution in [0.4, 0.5) is 20.3 Å². The summed E-state index contributed by atoms with van der Waals surface area (Å²) in [5, 5.41) is 17.3. The molecule has 0 saturated heterocycles. The van der Waals surface area contributed by atoms with Crippen LogP contribution < -0.4 is 16.2 Å². The molecule has 0 radical (unpaired) electrons. The van der Waals surface area contributed by atoms with E-state index in [9.17, 15) is 18.7 Å². The summed E-state index contributed by atoms with van der Waals surface area (Å²) in [5.41, 5.74) is 0.581. The number of aliphatic hydroxyl groups is 1. The van der Waals surface area contributed by atoms with Crippen LogP contribution in [-0.2, 0) is 5.66 Å². The van der Waals surface area contributed by atoms with Crippen molar-refractivity contribution in [3.8, 4) is 0 Å². The fourth-order valence-electron chi connectivity index (χ4n) is 4.50. The number of H-pyrrole nitrogens is 1. The normalized spacial score (nSPS) is 22.1. The number of aliphatic hydroxyl groups excluding tert-OH is 1. The minimum absolute atomic E-state index is 0.0580. The van der Waals surface area contributed by atoms with Crippen molar-refractivity contribution in [2.45, 2.75) is 50.4 Å². The number of hydrogen-bond donors (Lipinski definition) is 4. The number of fused-ring (bicyclic) bond motifs is 3. The molecular formula is C19H20F2N6O2. The van der Waals surface area contributed by atoms with Crippen molar-refractivity contribution >= 4 is 22.5 Å². The van der Waals surface area contributed by atoms with Crippen LogP contribution in [0.3, 0.4) is 0 Å². The molecule has 0 aromatic carbocycles. The molecule has 2 aliphatic rings. The molecule has 0 bridgehead atoms. The molecule has 0 amide bonds. The number of nitrogens with one attached hydrogen (secondary N) is 3. The zero-order valence-electron chi connectivity index (χ0n) is 15.7. The Morgan fingerprint density at radius 2 is 2.03 bits per heavy atom. The van der Waals surface area contributed by atoms with Gasteiger partial charge in [-0.1, -0.05) is 0 Å². The van der Waals surface area contributed by atoms with E-state index in [0.717, 1.165) is 5.39 Å². The molecule has 1 saturated carbocycles. The molecular weight excluding hydrogens is 382 g/mol. The second-order valence-corrected chi connectivity index (χ2v) is 7.79. The van der Waals surface area contributed by atoms with Gasteiger partial charge in [-0.15, -0.1) is 0 Å². The summed E-state index contributed by atoms with van der Waals surface area (Å²) in [6.07, 6.45) is 1.46. The third-order valence-electron chi connectivity index (χ3n) is 5.95. The number of nitrogens with zero attached hydrogens (tertiary/aromatic N) is 3. The maximum atomic E-state index is 13.8. The third-order valence-corrected chi connectivity index (χ3v) is 5.95. The highest BCUT2D eigenvalue weighted by Crippen LogP contribution is 2.45. The van der Waals surface area contributed by atoms with Crippen molar-refractivity contribution in [2.24, 2.45) is 0 Å². The second kappa shape index (κ2) is 6.07. The monoisotopic (exact) mass is 402 g/mol. The number of aromatic nitrogens is 4. The van der Waals surface area contributed by atoms with Gasteiger partial charge in [-0.2, -0.15) is 0 Å². The molecule has 1 spiro atoms. The molecule has 1 fully saturated rings. The molecule has 1 atom stereocenters. The van der Waals surface area contributed by atoms with Crippen molar-refractivity contribution in [1.29, 1.82) is 0 Å². The van der Waals surface area contributed by atoms with Gasteiger partial charge in [-0.3, -0.25) is 14.7 Å². The van der Waals surface area contributed by atoms with Gasteiger partial charge in [0.15, 0.2) is 0 Å². The van der Waals surface area contributed by atoms with Gasteiger partial charge in [0.1, 0.15) is 35.4 Å². The first-order chi connectivity index (χ1) is 13.8. The summed E-state index contributed by atoms with van der Waals surface area (Å²) in [7, 11) is 0. The van der Waals surface area contributed by atoms with Gasteiger partial charge in [-0.25, -0.2) is 18.7 Å². The quantitative estimate of drug-likeness (QED) is 0.525. The SMILES string of the molecule is Cc1cc(Nc2ncnc3[nH]ccc23)c(=O)n2c1C(O)NC21CCC(F)(F)CC1. The molecule has 152 valence electrons. The van der Waals surface area contributed by atoms with Gasteiger partial charge in [0.2, 0.25) is 5.92 Å². The van der Waals surface area contributed by atoms with Gasteiger partial charge < -0.3 is 15.4 Å². The average Bonchev–Trinajstić information content (AvgIpc) is 3.26. The van der Waals surface area contributed by atoms with Crippen molar-refractivity contribution in [3.63, 3.8) is 0 Å². The molecule has 3 aromatic rings. The Morgan fingerprint density at radius 1 is 1.28 bits per heavy atom. The van der Waals surface area contributed by atoms with Gasteiger partial charge in [0.05, 0.1) is 11.1 Å². The summed E-state index contributed by atoms with van der Waals surface area (Å²) in [5.74, 6) is -2.29. The van der Waals surface area contributed by atoms with Gasteiger partial charge >= 0.3 is 0 Å². The van der Waals surface area contributed by atoms with E-state index in [-0.39, 0.29) is 36.9 Å². The lowest BCUT2D eigenvalue weighted by Crippen LogP contribution is -2.51. The highest BCUT2D eigenvalue weighted by Gasteiger charge is 2.50. The molecule has 1 unspecified atom stereocenters. The average molecular weight is 402 g/mol. The minimum atomic E-state index is -2.75. The highest BCUT2D eigenvalue weighted by atomic mass is 19.3. The summed E-state index contributed by atoms with van der Waals surface area (Å²) in [6, 6.07) is 3.45. The maximum Gasteiger partial charge on any atom is 0.276 e. The highest BCUT2D eigenvalue weighted by molar-refractivity contribution is 5.88. The van der Waals surface area contributed by atoms with Gasteiger partial charge in [0.25, 0.3) is 5.56 Å². The number of anilines is 2. The molecule has 4 heterocycles. The van der Waals surface area contributed by atoms with Gasteiger partial charge in [-0.05, 0) is 37.5 Å². The lowest BCUT2D eigenvalue weighted by atomic mass is 9.86. The first-order valence-electron chi connectivity index (χ1n) is 9.45. The smallest absolute Gasteiger partial charge is 0.276 e. The van der Waals surface area contributed by atoms with E-state index in [1.807, 2.05) is 0 Å². The maximum absolute atomic E-state index is 13.8. The number of pyridine rings is 1. The molecule has 5 rings (SSSR count). The molecule has 10 heteroatoms. The summed E-state index contributed by atoms with van der Waals surface area (Å²) in [6.45, 7) is 1.78.